The van der Waals surface area contributed by atoms with Gasteiger partial charge in [-0.2, -0.15) is 0 Å². The first kappa shape index (κ1) is 23.5. The molecule has 0 saturated heterocycles. The summed E-state index contributed by atoms with van der Waals surface area (Å²) < 4.78 is 0. The Bertz CT molecular complexity index is 1530. The maximum absolute atomic E-state index is 4.92. The van der Waals surface area contributed by atoms with Crippen molar-refractivity contribution in [3.8, 4) is 11.1 Å². The number of aryl methyl sites for hydroxylation is 3. The Morgan fingerprint density at radius 2 is 1.35 bits per heavy atom. The minimum Gasteiger partial charge on any atom is -0.301 e. The van der Waals surface area contributed by atoms with Crippen LogP contribution in [0.25, 0.3) is 11.1 Å². The normalized spacial score (nSPS) is 21.3. The van der Waals surface area contributed by atoms with Crippen LogP contribution in [0.3, 0.4) is 0 Å². The molecular weight excluding hydrogens is 452 g/mol. The standard InChI is InChI=1S/C33H34N4/c1-8-33(7)25-17-16-24(28-22(3)13-11-14-23(28)4)20-27(25)37-30-29(34-18-19-35-30)36(31(37)32(33,5)6)26-15-10-9-12-21(26)2/h8-20,31H,1H2,2-7H3. The van der Waals surface area contributed by atoms with Crippen molar-refractivity contribution in [1.82, 2.24) is 9.97 Å². The molecule has 0 radical (unpaired) electrons. The van der Waals surface area contributed by atoms with Gasteiger partial charge in [0.15, 0.2) is 11.6 Å². The molecule has 2 unspecified atom stereocenters. The second-order valence-corrected chi connectivity index (χ2v) is 11.2. The van der Waals surface area contributed by atoms with E-state index in [-0.39, 0.29) is 17.0 Å². The summed E-state index contributed by atoms with van der Waals surface area (Å²) in [6.45, 7) is 18.0. The topological polar surface area (TPSA) is 32.3 Å². The summed E-state index contributed by atoms with van der Waals surface area (Å²) in [6.07, 6.45) is 5.72. The summed E-state index contributed by atoms with van der Waals surface area (Å²) in [4.78, 5) is 14.6. The molecule has 0 aliphatic carbocycles. The lowest BCUT2D eigenvalue weighted by Gasteiger charge is -2.56. The average molecular weight is 487 g/mol. The van der Waals surface area contributed by atoms with Crippen molar-refractivity contribution in [3.05, 3.63) is 108 Å². The quantitative estimate of drug-likeness (QED) is 0.273. The molecule has 0 N–H and O–H groups in total. The fourth-order valence-corrected chi connectivity index (χ4v) is 6.56. The van der Waals surface area contributed by atoms with Crippen molar-refractivity contribution in [2.75, 3.05) is 9.80 Å². The first-order valence-corrected chi connectivity index (χ1v) is 13.0. The lowest BCUT2D eigenvalue weighted by Crippen LogP contribution is -2.60. The van der Waals surface area contributed by atoms with Gasteiger partial charge >= 0.3 is 0 Å². The Labute approximate surface area is 220 Å². The van der Waals surface area contributed by atoms with Gasteiger partial charge in [0.1, 0.15) is 6.17 Å². The Hall–Kier alpha value is -3.92. The monoisotopic (exact) mass is 486 g/mol. The number of rotatable bonds is 3. The number of hydrogen-bond donors (Lipinski definition) is 0. The third-order valence-electron chi connectivity index (χ3n) is 8.96. The van der Waals surface area contributed by atoms with E-state index in [0.29, 0.717) is 0 Å². The third kappa shape index (κ3) is 3.08. The van der Waals surface area contributed by atoms with Gasteiger partial charge in [-0.3, -0.25) is 0 Å². The lowest BCUT2D eigenvalue weighted by atomic mass is 9.58. The van der Waals surface area contributed by atoms with Gasteiger partial charge in [0.25, 0.3) is 0 Å². The lowest BCUT2D eigenvalue weighted by molar-refractivity contribution is 0.170. The molecule has 0 fully saturated rings. The van der Waals surface area contributed by atoms with Crippen molar-refractivity contribution in [3.63, 3.8) is 0 Å². The van der Waals surface area contributed by atoms with Crippen LogP contribution in [0.15, 0.2) is 85.7 Å². The van der Waals surface area contributed by atoms with Crippen LogP contribution in [0.4, 0.5) is 23.0 Å². The van der Waals surface area contributed by atoms with Gasteiger partial charge in [-0.1, -0.05) is 75.4 Å². The van der Waals surface area contributed by atoms with E-state index in [1.165, 1.54) is 39.1 Å². The fraction of sp³-hybridized carbons (Fsp3) is 0.273. The maximum atomic E-state index is 4.92. The van der Waals surface area contributed by atoms with Crippen molar-refractivity contribution < 1.29 is 0 Å². The molecule has 3 heterocycles. The van der Waals surface area contributed by atoms with Gasteiger partial charge in [0.2, 0.25) is 0 Å². The Kier molecular flexibility index (Phi) is 5.10. The van der Waals surface area contributed by atoms with E-state index in [2.05, 4.69) is 125 Å². The summed E-state index contributed by atoms with van der Waals surface area (Å²) in [6, 6.07) is 22.0. The van der Waals surface area contributed by atoms with Crippen LogP contribution in [-0.2, 0) is 5.41 Å². The molecular formula is C33H34N4. The van der Waals surface area contributed by atoms with Crippen LogP contribution in [-0.4, -0.2) is 16.1 Å². The molecule has 0 spiro atoms. The van der Waals surface area contributed by atoms with E-state index in [4.69, 9.17) is 9.97 Å². The highest BCUT2D eigenvalue weighted by molar-refractivity contribution is 5.89. The van der Waals surface area contributed by atoms with Gasteiger partial charge in [-0.05, 0) is 66.3 Å². The summed E-state index contributed by atoms with van der Waals surface area (Å²) in [5.74, 6) is 1.79. The minimum absolute atomic E-state index is 0.0327. The maximum Gasteiger partial charge on any atom is 0.178 e. The zero-order chi connectivity index (χ0) is 26.1. The van der Waals surface area contributed by atoms with Crippen LogP contribution in [0.2, 0.25) is 0 Å². The number of allylic oxidation sites excluding steroid dienone is 1. The molecule has 37 heavy (non-hydrogen) atoms. The SMILES string of the molecule is C=CC1(C)c2ccc(-c3c(C)cccc3C)cc2N2c3nccnc3N(c3ccccc3C)C2C1(C)C. The summed E-state index contributed by atoms with van der Waals surface area (Å²) in [5, 5.41) is 0. The zero-order valence-electron chi connectivity index (χ0n) is 22.6. The smallest absolute Gasteiger partial charge is 0.178 e. The van der Waals surface area contributed by atoms with Crippen molar-refractivity contribution in [1.29, 1.82) is 0 Å². The van der Waals surface area contributed by atoms with Crippen molar-refractivity contribution in [2.45, 2.75) is 53.1 Å². The van der Waals surface area contributed by atoms with Crippen LogP contribution in [0, 0.1) is 26.2 Å². The number of hydrogen-bond acceptors (Lipinski definition) is 4. The molecule has 0 bridgehead atoms. The Morgan fingerprint density at radius 3 is 1.97 bits per heavy atom. The van der Waals surface area contributed by atoms with Crippen LogP contribution < -0.4 is 9.80 Å². The molecule has 0 saturated carbocycles. The zero-order valence-corrected chi connectivity index (χ0v) is 22.6. The number of para-hydroxylation sites is 1. The molecule has 6 rings (SSSR count). The van der Waals surface area contributed by atoms with Gasteiger partial charge in [0, 0.05) is 34.6 Å². The highest BCUT2D eigenvalue weighted by atomic mass is 15.5. The molecule has 4 nitrogen and oxygen atoms in total. The van der Waals surface area contributed by atoms with Gasteiger partial charge in [0.05, 0.1) is 0 Å². The van der Waals surface area contributed by atoms with E-state index in [0.717, 1.165) is 17.3 Å². The fourth-order valence-electron chi connectivity index (χ4n) is 6.56. The van der Waals surface area contributed by atoms with E-state index in [1.54, 1.807) is 12.4 Å². The number of aromatic nitrogens is 2. The van der Waals surface area contributed by atoms with Crippen molar-refractivity contribution >= 4 is 23.0 Å². The second kappa shape index (κ2) is 8.04. The molecule has 186 valence electrons. The van der Waals surface area contributed by atoms with Crippen LogP contribution >= 0.6 is 0 Å². The highest BCUT2D eigenvalue weighted by Gasteiger charge is 2.59. The molecule has 4 heteroatoms. The molecule has 2 atom stereocenters. The average Bonchev–Trinajstić information content (AvgIpc) is 3.24. The van der Waals surface area contributed by atoms with Crippen LogP contribution in [0.1, 0.15) is 43.0 Å². The Balaban J connectivity index is 1.68. The molecule has 2 aliphatic rings. The van der Waals surface area contributed by atoms with E-state index < -0.39 is 0 Å². The first-order chi connectivity index (χ1) is 17.7. The van der Waals surface area contributed by atoms with Crippen LogP contribution in [0.5, 0.6) is 0 Å². The number of nitrogens with zero attached hydrogens (tertiary/aromatic N) is 4. The molecule has 4 aromatic rings. The minimum atomic E-state index is -0.286. The Morgan fingerprint density at radius 1 is 0.757 bits per heavy atom. The second-order valence-electron chi connectivity index (χ2n) is 11.2. The third-order valence-corrected chi connectivity index (χ3v) is 8.96. The predicted molar refractivity (Wildman–Crippen MR) is 154 cm³/mol. The summed E-state index contributed by atoms with van der Waals surface area (Å²) in [5.41, 5.74) is 9.37. The summed E-state index contributed by atoms with van der Waals surface area (Å²) in [7, 11) is 0. The molecule has 0 amide bonds. The van der Waals surface area contributed by atoms with E-state index in [9.17, 15) is 0 Å². The molecule has 1 aromatic heterocycles. The highest BCUT2D eigenvalue weighted by Crippen LogP contribution is 2.62. The number of anilines is 4. The van der Waals surface area contributed by atoms with E-state index in [1.807, 2.05) is 0 Å². The molecule has 2 aliphatic heterocycles. The predicted octanol–water partition coefficient (Wildman–Crippen LogP) is 8.17. The number of fused-ring (bicyclic) bond motifs is 5. The van der Waals surface area contributed by atoms with Gasteiger partial charge < -0.3 is 9.80 Å². The first-order valence-electron chi connectivity index (χ1n) is 13.0. The molecule has 3 aromatic carbocycles. The summed E-state index contributed by atoms with van der Waals surface area (Å²) >= 11 is 0. The van der Waals surface area contributed by atoms with E-state index >= 15 is 0 Å². The van der Waals surface area contributed by atoms with Gasteiger partial charge in [-0.25, -0.2) is 9.97 Å². The van der Waals surface area contributed by atoms with Crippen molar-refractivity contribution in [2.24, 2.45) is 5.41 Å². The largest absolute Gasteiger partial charge is 0.301 e. The number of benzene rings is 3. The van der Waals surface area contributed by atoms with Gasteiger partial charge in [-0.15, -0.1) is 6.58 Å².